The largest absolute Gasteiger partial charge is 0.497 e. The zero-order valence-corrected chi connectivity index (χ0v) is 15.5. The number of benzene rings is 1. The molecule has 3 aromatic rings. The van der Waals surface area contributed by atoms with E-state index in [-0.39, 0.29) is 6.04 Å². The van der Waals surface area contributed by atoms with E-state index in [4.69, 9.17) is 14.5 Å². The van der Waals surface area contributed by atoms with Crippen LogP contribution in [0, 0.1) is 5.92 Å². The van der Waals surface area contributed by atoms with Gasteiger partial charge in [-0.05, 0) is 18.1 Å². The Hall–Kier alpha value is -3.16. The van der Waals surface area contributed by atoms with Crippen molar-refractivity contribution in [3.8, 4) is 17.1 Å². The second-order valence-corrected chi connectivity index (χ2v) is 7.14. The molecule has 2 aliphatic heterocycles. The predicted octanol–water partition coefficient (Wildman–Crippen LogP) is 2.17. The zero-order chi connectivity index (χ0) is 18.5. The SMILES string of the molecule is COc1ccc2c(c1)-n1nncc1Cc1c(C3=N[C@@H](C(C)C)CO3)ncn1-2. The van der Waals surface area contributed by atoms with Crippen molar-refractivity contribution in [1.82, 2.24) is 24.5 Å². The van der Waals surface area contributed by atoms with Crippen LogP contribution in [-0.2, 0) is 11.2 Å². The summed E-state index contributed by atoms with van der Waals surface area (Å²) in [4.78, 5) is 9.40. The van der Waals surface area contributed by atoms with Crippen LogP contribution in [0.3, 0.4) is 0 Å². The van der Waals surface area contributed by atoms with Gasteiger partial charge in [-0.2, -0.15) is 0 Å². The summed E-state index contributed by atoms with van der Waals surface area (Å²) in [7, 11) is 1.65. The molecule has 4 heterocycles. The second-order valence-electron chi connectivity index (χ2n) is 7.14. The summed E-state index contributed by atoms with van der Waals surface area (Å²) in [6, 6.07) is 6.07. The van der Waals surface area contributed by atoms with Crippen LogP contribution in [0.15, 0.2) is 35.7 Å². The van der Waals surface area contributed by atoms with Gasteiger partial charge < -0.3 is 9.47 Å². The Balaban J connectivity index is 1.68. The topological polar surface area (TPSA) is 79.3 Å². The lowest BCUT2D eigenvalue weighted by atomic mass is 10.1. The third-order valence-corrected chi connectivity index (χ3v) is 5.15. The smallest absolute Gasteiger partial charge is 0.237 e. The van der Waals surface area contributed by atoms with E-state index in [0.717, 1.165) is 34.2 Å². The van der Waals surface area contributed by atoms with Gasteiger partial charge in [-0.15, -0.1) is 5.10 Å². The second kappa shape index (κ2) is 5.94. The molecule has 0 fully saturated rings. The van der Waals surface area contributed by atoms with E-state index < -0.39 is 0 Å². The standard InChI is InChI=1S/C19H20N6O2/c1-11(2)14-9-27-19(22-14)18-17-6-12-8-21-23-25(12)16-7-13(26-3)4-5-15(16)24(17)10-20-18/h4-5,7-8,10-11,14H,6,9H2,1-3H3/t14-/m1/s1. The van der Waals surface area contributed by atoms with Crippen molar-refractivity contribution in [3.05, 3.63) is 47.8 Å². The van der Waals surface area contributed by atoms with Crippen LogP contribution in [0.2, 0.25) is 0 Å². The minimum Gasteiger partial charge on any atom is -0.497 e. The Morgan fingerprint density at radius 1 is 1.26 bits per heavy atom. The number of methoxy groups -OCH3 is 1. The quantitative estimate of drug-likeness (QED) is 0.557. The van der Waals surface area contributed by atoms with E-state index in [2.05, 4.69) is 33.7 Å². The van der Waals surface area contributed by atoms with Crippen LogP contribution in [0.4, 0.5) is 0 Å². The van der Waals surface area contributed by atoms with E-state index in [1.54, 1.807) is 13.3 Å². The van der Waals surface area contributed by atoms with Gasteiger partial charge in [0.2, 0.25) is 5.90 Å². The summed E-state index contributed by atoms with van der Waals surface area (Å²) in [5.41, 5.74) is 4.65. The van der Waals surface area contributed by atoms with Gasteiger partial charge >= 0.3 is 0 Å². The van der Waals surface area contributed by atoms with E-state index in [9.17, 15) is 0 Å². The first-order valence-corrected chi connectivity index (χ1v) is 9.01. The fourth-order valence-corrected chi connectivity index (χ4v) is 3.54. The Kier molecular flexibility index (Phi) is 3.53. The number of aliphatic imine (C=N–C) groups is 1. The molecule has 1 atom stereocenters. The summed E-state index contributed by atoms with van der Waals surface area (Å²) in [6.45, 7) is 4.91. The lowest BCUT2D eigenvalue weighted by Gasteiger charge is -2.11. The van der Waals surface area contributed by atoms with Crippen molar-refractivity contribution in [1.29, 1.82) is 0 Å². The number of imidazole rings is 1. The maximum atomic E-state index is 5.89. The summed E-state index contributed by atoms with van der Waals surface area (Å²) in [5.74, 6) is 1.82. The molecule has 0 unspecified atom stereocenters. The first kappa shape index (κ1) is 16.0. The number of ether oxygens (including phenoxy) is 2. The highest BCUT2D eigenvalue weighted by atomic mass is 16.5. The van der Waals surface area contributed by atoms with Crippen molar-refractivity contribution in [3.63, 3.8) is 0 Å². The van der Waals surface area contributed by atoms with E-state index in [0.29, 0.717) is 24.8 Å². The molecule has 0 amide bonds. The zero-order valence-electron chi connectivity index (χ0n) is 15.5. The van der Waals surface area contributed by atoms with Crippen molar-refractivity contribution in [2.75, 3.05) is 13.7 Å². The molecule has 138 valence electrons. The van der Waals surface area contributed by atoms with Crippen LogP contribution < -0.4 is 4.74 Å². The number of hydrogen-bond acceptors (Lipinski definition) is 6. The highest BCUT2D eigenvalue weighted by molar-refractivity contribution is 5.94. The number of rotatable bonds is 3. The molecule has 2 aromatic heterocycles. The van der Waals surface area contributed by atoms with Crippen LogP contribution in [0.5, 0.6) is 5.75 Å². The summed E-state index contributed by atoms with van der Waals surface area (Å²) >= 11 is 0. The molecule has 0 saturated carbocycles. The third-order valence-electron chi connectivity index (χ3n) is 5.15. The predicted molar refractivity (Wildman–Crippen MR) is 99.0 cm³/mol. The van der Waals surface area contributed by atoms with Gasteiger partial charge in [-0.1, -0.05) is 19.1 Å². The fraction of sp³-hybridized carbons (Fsp3) is 0.368. The average Bonchev–Trinajstić information content (AvgIpc) is 3.39. The third kappa shape index (κ3) is 2.43. The molecular formula is C19H20N6O2. The van der Waals surface area contributed by atoms with Crippen LogP contribution in [0.1, 0.15) is 30.9 Å². The van der Waals surface area contributed by atoms with E-state index in [1.807, 2.05) is 29.2 Å². The molecule has 0 N–H and O–H groups in total. The van der Waals surface area contributed by atoms with E-state index in [1.165, 1.54) is 0 Å². The average molecular weight is 364 g/mol. The summed E-state index contributed by atoms with van der Waals surface area (Å²) in [6.07, 6.45) is 4.24. The lowest BCUT2D eigenvalue weighted by molar-refractivity contribution is 0.291. The molecule has 8 nitrogen and oxygen atoms in total. The Bertz CT molecular complexity index is 1050. The maximum Gasteiger partial charge on any atom is 0.237 e. The molecule has 0 radical (unpaired) electrons. The maximum absolute atomic E-state index is 5.89. The molecule has 2 aliphatic rings. The van der Waals surface area contributed by atoms with Gasteiger partial charge in [0.15, 0.2) is 0 Å². The van der Waals surface area contributed by atoms with Gasteiger partial charge in [0.05, 0.1) is 42.1 Å². The number of hydrogen-bond donors (Lipinski definition) is 0. The molecule has 5 rings (SSSR count). The van der Waals surface area contributed by atoms with Gasteiger partial charge in [-0.3, -0.25) is 4.57 Å². The number of nitrogens with zero attached hydrogens (tertiary/aromatic N) is 6. The van der Waals surface area contributed by atoms with Crippen LogP contribution >= 0.6 is 0 Å². The number of aromatic nitrogens is 5. The fourth-order valence-electron chi connectivity index (χ4n) is 3.54. The normalized spacial score (nSPS) is 17.6. The summed E-state index contributed by atoms with van der Waals surface area (Å²) in [5, 5.41) is 8.38. The highest BCUT2D eigenvalue weighted by Gasteiger charge is 2.30. The molecule has 0 aliphatic carbocycles. The van der Waals surface area contributed by atoms with Gasteiger partial charge in [0, 0.05) is 12.5 Å². The molecule has 1 aromatic carbocycles. The Labute approximate surface area is 156 Å². The van der Waals surface area contributed by atoms with Crippen LogP contribution in [0.25, 0.3) is 11.4 Å². The molecule has 8 heteroatoms. The van der Waals surface area contributed by atoms with Crippen molar-refractivity contribution >= 4 is 5.90 Å². The Morgan fingerprint density at radius 3 is 2.93 bits per heavy atom. The molecule has 0 bridgehead atoms. The monoisotopic (exact) mass is 364 g/mol. The van der Waals surface area contributed by atoms with Crippen LogP contribution in [-0.4, -0.2) is 50.2 Å². The molecule has 0 spiro atoms. The van der Waals surface area contributed by atoms with E-state index >= 15 is 0 Å². The summed E-state index contributed by atoms with van der Waals surface area (Å²) < 4.78 is 15.2. The van der Waals surface area contributed by atoms with Gasteiger partial charge in [-0.25, -0.2) is 14.7 Å². The lowest BCUT2D eigenvalue weighted by Crippen LogP contribution is -2.13. The van der Waals surface area contributed by atoms with Crippen molar-refractivity contribution < 1.29 is 9.47 Å². The number of fused-ring (bicyclic) bond motifs is 5. The minimum atomic E-state index is 0.173. The van der Waals surface area contributed by atoms with Crippen molar-refractivity contribution in [2.45, 2.75) is 26.3 Å². The van der Waals surface area contributed by atoms with Crippen molar-refractivity contribution in [2.24, 2.45) is 10.9 Å². The molecular weight excluding hydrogens is 344 g/mol. The van der Waals surface area contributed by atoms with Gasteiger partial charge in [0.1, 0.15) is 24.4 Å². The highest BCUT2D eigenvalue weighted by Crippen LogP contribution is 2.32. The minimum absolute atomic E-state index is 0.173. The molecule has 0 saturated heterocycles. The van der Waals surface area contributed by atoms with Gasteiger partial charge in [0.25, 0.3) is 0 Å². The first-order valence-electron chi connectivity index (χ1n) is 9.01. The molecule has 27 heavy (non-hydrogen) atoms. The first-order chi connectivity index (χ1) is 13.2. The Morgan fingerprint density at radius 2 is 2.15 bits per heavy atom.